The summed E-state index contributed by atoms with van der Waals surface area (Å²) in [6.45, 7) is 4.70. The molecule has 0 aromatic heterocycles. The van der Waals surface area contributed by atoms with Gasteiger partial charge in [-0.1, -0.05) is 159 Å². The lowest BCUT2D eigenvalue weighted by molar-refractivity contribution is 0.489. The van der Waals surface area contributed by atoms with E-state index in [1.165, 1.54) is 44.2 Å². The van der Waals surface area contributed by atoms with E-state index in [4.69, 9.17) is 4.74 Å². The average Bonchev–Trinajstić information content (AvgIpc) is 3.40. The van der Waals surface area contributed by atoms with Gasteiger partial charge in [0.15, 0.2) is 0 Å². The van der Waals surface area contributed by atoms with E-state index in [9.17, 15) is 0 Å². The van der Waals surface area contributed by atoms with Crippen molar-refractivity contribution in [1.29, 1.82) is 0 Å². The van der Waals surface area contributed by atoms with Gasteiger partial charge in [-0.3, -0.25) is 0 Å². The van der Waals surface area contributed by atoms with Crippen LogP contribution in [0.5, 0.6) is 11.5 Å². The first-order chi connectivity index (χ1) is 28.0. The van der Waals surface area contributed by atoms with Gasteiger partial charge < -0.3 is 9.64 Å². The largest absolute Gasteiger partial charge is 0.455 e. The highest BCUT2D eigenvalue weighted by Crippen LogP contribution is 2.54. The molecule has 9 aromatic rings. The first-order valence-electron chi connectivity index (χ1n) is 19.8. The minimum absolute atomic E-state index is 0.136. The maximum atomic E-state index is 7.13. The maximum Gasteiger partial charge on any atom is 0.143 e. The molecule has 0 saturated carbocycles. The fourth-order valence-electron chi connectivity index (χ4n) is 9.19. The Balaban J connectivity index is 1.14. The summed E-state index contributed by atoms with van der Waals surface area (Å²) in [6, 6.07) is 72.6. The summed E-state index contributed by atoms with van der Waals surface area (Å²) < 4.78 is 7.13. The van der Waals surface area contributed by atoms with E-state index in [2.05, 4.69) is 219 Å². The van der Waals surface area contributed by atoms with Gasteiger partial charge in [0.1, 0.15) is 11.5 Å². The van der Waals surface area contributed by atoms with E-state index in [1.54, 1.807) is 0 Å². The molecule has 0 spiro atoms. The van der Waals surface area contributed by atoms with E-state index in [0.717, 1.165) is 61.9 Å². The van der Waals surface area contributed by atoms with Crippen LogP contribution in [0.25, 0.3) is 66.4 Å². The molecule has 0 N–H and O–H groups in total. The molecule has 0 radical (unpaired) electrons. The van der Waals surface area contributed by atoms with Crippen molar-refractivity contribution in [2.24, 2.45) is 0 Å². The Morgan fingerprint density at radius 1 is 0.351 bits per heavy atom. The first kappa shape index (κ1) is 33.2. The Hall–Kier alpha value is -7.16. The molecule has 9 aromatic carbocycles. The van der Waals surface area contributed by atoms with Crippen molar-refractivity contribution in [3.63, 3.8) is 0 Å². The van der Waals surface area contributed by atoms with Gasteiger partial charge in [0.25, 0.3) is 0 Å². The zero-order valence-corrected chi connectivity index (χ0v) is 31.9. The molecule has 270 valence electrons. The maximum absolute atomic E-state index is 7.13. The molecule has 0 amide bonds. The number of benzene rings is 9. The van der Waals surface area contributed by atoms with Gasteiger partial charge in [-0.05, 0) is 115 Å². The molecule has 1 aliphatic carbocycles. The summed E-state index contributed by atoms with van der Waals surface area (Å²) in [5, 5.41) is 2.40. The number of para-hydroxylation sites is 1. The Labute approximate surface area is 333 Å². The summed E-state index contributed by atoms with van der Waals surface area (Å²) in [6.07, 6.45) is 0. The van der Waals surface area contributed by atoms with Crippen LogP contribution in [0.3, 0.4) is 0 Å². The summed E-state index contributed by atoms with van der Waals surface area (Å²) in [5.74, 6) is 1.71. The van der Waals surface area contributed by atoms with Crippen molar-refractivity contribution in [1.82, 2.24) is 0 Å². The van der Waals surface area contributed by atoms with Crippen LogP contribution >= 0.6 is 0 Å². The zero-order valence-electron chi connectivity index (χ0n) is 31.9. The predicted molar refractivity (Wildman–Crippen MR) is 238 cm³/mol. The molecule has 2 heteroatoms. The molecule has 1 heterocycles. The fourth-order valence-corrected chi connectivity index (χ4v) is 9.19. The molecule has 0 saturated heterocycles. The highest BCUT2D eigenvalue weighted by Gasteiger charge is 2.36. The summed E-state index contributed by atoms with van der Waals surface area (Å²) in [5.41, 5.74) is 17.5. The van der Waals surface area contributed by atoms with E-state index in [1.807, 2.05) is 0 Å². The quantitative estimate of drug-likeness (QED) is 0.175. The zero-order chi connectivity index (χ0) is 38.1. The average molecular weight is 730 g/mol. The van der Waals surface area contributed by atoms with Gasteiger partial charge in [0, 0.05) is 39.2 Å². The molecule has 57 heavy (non-hydrogen) atoms. The van der Waals surface area contributed by atoms with Crippen molar-refractivity contribution in [3.05, 3.63) is 211 Å². The van der Waals surface area contributed by atoms with E-state index < -0.39 is 0 Å². The number of hydrogen-bond donors (Lipinski definition) is 0. The number of fused-ring (bicyclic) bond motifs is 9. The normalized spacial score (nSPS) is 13.0. The third kappa shape index (κ3) is 5.40. The monoisotopic (exact) mass is 729 g/mol. The SMILES string of the molecule is CC1(C)c2ccccc2-c2ccc(N(c3cccc(-c4ccccc4)c3)c3ccc4c(c3)-c3cc5ccccc5cc3-c3cccc(-c5ccccc5)c3O4)cc21. The Kier molecular flexibility index (Phi) is 7.55. The van der Waals surface area contributed by atoms with Crippen LogP contribution in [-0.4, -0.2) is 0 Å². The molecule has 1 aliphatic heterocycles. The lowest BCUT2D eigenvalue weighted by Gasteiger charge is -2.29. The third-order valence-corrected chi connectivity index (χ3v) is 12.0. The van der Waals surface area contributed by atoms with Crippen LogP contribution in [0.4, 0.5) is 17.1 Å². The molecule has 0 unspecified atom stereocenters. The molecular weight excluding hydrogens is 691 g/mol. The summed E-state index contributed by atoms with van der Waals surface area (Å²) >= 11 is 0. The van der Waals surface area contributed by atoms with Crippen molar-refractivity contribution >= 4 is 27.8 Å². The number of nitrogens with zero attached hydrogens (tertiary/aromatic N) is 1. The van der Waals surface area contributed by atoms with Gasteiger partial charge in [-0.15, -0.1) is 0 Å². The predicted octanol–water partition coefficient (Wildman–Crippen LogP) is 15.4. The van der Waals surface area contributed by atoms with Gasteiger partial charge >= 0.3 is 0 Å². The number of anilines is 3. The molecule has 0 bridgehead atoms. The second-order valence-electron chi connectivity index (χ2n) is 15.7. The highest BCUT2D eigenvalue weighted by atomic mass is 16.5. The highest BCUT2D eigenvalue weighted by molar-refractivity contribution is 6.02. The summed E-state index contributed by atoms with van der Waals surface area (Å²) in [4.78, 5) is 2.42. The van der Waals surface area contributed by atoms with Crippen molar-refractivity contribution in [2.45, 2.75) is 19.3 Å². The van der Waals surface area contributed by atoms with Crippen LogP contribution < -0.4 is 9.64 Å². The van der Waals surface area contributed by atoms with E-state index in [0.29, 0.717) is 0 Å². The Bertz CT molecular complexity index is 3020. The molecule has 0 atom stereocenters. The van der Waals surface area contributed by atoms with Crippen LogP contribution in [-0.2, 0) is 5.41 Å². The van der Waals surface area contributed by atoms with Gasteiger partial charge in [0.05, 0.1) is 0 Å². The van der Waals surface area contributed by atoms with Crippen LogP contribution in [0.1, 0.15) is 25.0 Å². The third-order valence-electron chi connectivity index (χ3n) is 12.0. The van der Waals surface area contributed by atoms with Crippen LogP contribution in [0.2, 0.25) is 0 Å². The second kappa shape index (κ2) is 13.0. The Morgan fingerprint density at radius 3 is 1.70 bits per heavy atom. The van der Waals surface area contributed by atoms with Crippen molar-refractivity contribution < 1.29 is 4.74 Å². The lowest BCUT2D eigenvalue weighted by Crippen LogP contribution is -2.16. The summed E-state index contributed by atoms with van der Waals surface area (Å²) in [7, 11) is 0. The lowest BCUT2D eigenvalue weighted by atomic mass is 9.82. The first-order valence-corrected chi connectivity index (χ1v) is 19.8. The Morgan fingerprint density at radius 2 is 0.912 bits per heavy atom. The number of hydrogen-bond acceptors (Lipinski definition) is 2. The molecule has 2 nitrogen and oxygen atoms in total. The number of ether oxygens (including phenoxy) is 1. The van der Waals surface area contributed by atoms with Crippen molar-refractivity contribution in [2.75, 3.05) is 4.90 Å². The van der Waals surface area contributed by atoms with Gasteiger partial charge in [0.2, 0.25) is 0 Å². The standard InChI is InChI=1S/C55H39NO/c1-55(2)51-26-12-11-23-45(51)46-29-27-43(35-52(46)55)56(41-22-13-21-38(31-41)36-15-5-3-6-16-36)42-28-30-53-50(34-42)49-33-40-20-10-9-19-39(40)32-48(49)47-25-14-24-44(54(47)57-53)37-17-7-4-8-18-37/h3-35H,1-2H3. The van der Waals surface area contributed by atoms with Crippen LogP contribution in [0.15, 0.2) is 200 Å². The molecule has 2 aliphatic rings. The van der Waals surface area contributed by atoms with E-state index >= 15 is 0 Å². The molecular formula is C55H39NO. The number of rotatable bonds is 5. The smallest absolute Gasteiger partial charge is 0.143 e. The van der Waals surface area contributed by atoms with Gasteiger partial charge in [-0.2, -0.15) is 0 Å². The molecule has 0 fully saturated rings. The van der Waals surface area contributed by atoms with Crippen molar-refractivity contribution in [3.8, 4) is 67.1 Å². The van der Waals surface area contributed by atoms with Gasteiger partial charge in [-0.25, -0.2) is 0 Å². The molecule has 11 rings (SSSR count). The fraction of sp³-hybridized carbons (Fsp3) is 0.0545. The van der Waals surface area contributed by atoms with Crippen LogP contribution in [0, 0.1) is 0 Å². The minimum Gasteiger partial charge on any atom is -0.455 e. The second-order valence-corrected chi connectivity index (χ2v) is 15.7. The topological polar surface area (TPSA) is 12.5 Å². The minimum atomic E-state index is -0.136. The van der Waals surface area contributed by atoms with E-state index in [-0.39, 0.29) is 5.41 Å².